The van der Waals surface area contributed by atoms with Crippen molar-refractivity contribution in [3.63, 3.8) is 0 Å². The standard InChI is InChI=1S/C12H15FN4O2S/c1-17-5-3-11(16-17)2-4-15-20(18,19)12-7-9(13)6-10(14)8-12/h3,5-8,15H,2,4,14H2,1H3. The van der Waals surface area contributed by atoms with E-state index in [1.54, 1.807) is 24.0 Å². The molecule has 0 saturated heterocycles. The van der Waals surface area contributed by atoms with Crippen molar-refractivity contribution in [1.29, 1.82) is 0 Å². The molecule has 0 spiro atoms. The van der Waals surface area contributed by atoms with E-state index in [2.05, 4.69) is 9.82 Å². The predicted molar refractivity (Wildman–Crippen MR) is 72.9 cm³/mol. The number of halogens is 1. The first kappa shape index (κ1) is 14.5. The first-order valence-electron chi connectivity index (χ1n) is 5.91. The zero-order chi connectivity index (χ0) is 14.8. The summed E-state index contributed by atoms with van der Waals surface area (Å²) in [4.78, 5) is -0.184. The first-order chi connectivity index (χ1) is 9.37. The van der Waals surface area contributed by atoms with Crippen LogP contribution < -0.4 is 10.5 Å². The van der Waals surface area contributed by atoms with Crippen LogP contribution in [0.3, 0.4) is 0 Å². The molecule has 0 atom stereocenters. The highest BCUT2D eigenvalue weighted by molar-refractivity contribution is 7.89. The highest BCUT2D eigenvalue weighted by Crippen LogP contribution is 2.15. The van der Waals surface area contributed by atoms with Gasteiger partial charge in [-0.15, -0.1) is 0 Å². The number of aryl methyl sites for hydroxylation is 1. The second-order valence-corrected chi connectivity index (χ2v) is 6.12. The van der Waals surface area contributed by atoms with Crippen LogP contribution in [-0.4, -0.2) is 24.7 Å². The predicted octanol–water partition coefficient (Wildman–Crippen LogP) is 0.662. The van der Waals surface area contributed by atoms with Crippen molar-refractivity contribution in [2.75, 3.05) is 12.3 Å². The molecule has 8 heteroatoms. The summed E-state index contributed by atoms with van der Waals surface area (Å²) in [7, 11) is -1.99. The number of anilines is 1. The minimum atomic E-state index is -3.77. The molecular formula is C12H15FN4O2S. The monoisotopic (exact) mass is 298 g/mol. The van der Waals surface area contributed by atoms with Crippen molar-refractivity contribution >= 4 is 15.7 Å². The Kier molecular flexibility index (Phi) is 4.05. The van der Waals surface area contributed by atoms with Gasteiger partial charge >= 0.3 is 0 Å². The maximum Gasteiger partial charge on any atom is 0.240 e. The number of hydrogen-bond donors (Lipinski definition) is 2. The number of sulfonamides is 1. The number of aromatic nitrogens is 2. The summed E-state index contributed by atoms with van der Waals surface area (Å²) >= 11 is 0. The van der Waals surface area contributed by atoms with Crippen LogP contribution >= 0.6 is 0 Å². The Morgan fingerprint density at radius 1 is 1.40 bits per heavy atom. The highest BCUT2D eigenvalue weighted by atomic mass is 32.2. The number of nitrogens with one attached hydrogen (secondary N) is 1. The Labute approximate surface area is 116 Å². The van der Waals surface area contributed by atoms with Crippen LogP contribution in [-0.2, 0) is 23.5 Å². The largest absolute Gasteiger partial charge is 0.399 e. The van der Waals surface area contributed by atoms with Gasteiger partial charge in [0.15, 0.2) is 0 Å². The van der Waals surface area contributed by atoms with Gasteiger partial charge in [-0.25, -0.2) is 17.5 Å². The van der Waals surface area contributed by atoms with Crippen LogP contribution in [0.1, 0.15) is 5.69 Å². The minimum Gasteiger partial charge on any atom is -0.399 e. The Hall–Kier alpha value is -1.93. The Bertz CT molecular complexity index is 692. The summed E-state index contributed by atoms with van der Waals surface area (Å²) in [6.07, 6.45) is 2.22. The number of rotatable bonds is 5. The SMILES string of the molecule is Cn1ccc(CCNS(=O)(=O)c2cc(N)cc(F)c2)n1. The van der Waals surface area contributed by atoms with Gasteiger partial charge in [0.1, 0.15) is 5.82 Å². The molecule has 3 N–H and O–H groups in total. The highest BCUT2D eigenvalue weighted by Gasteiger charge is 2.15. The molecule has 1 aromatic heterocycles. The molecule has 0 aliphatic heterocycles. The molecule has 0 bridgehead atoms. The number of nitrogens with zero attached hydrogens (tertiary/aromatic N) is 2. The zero-order valence-corrected chi connectivity index (χ0v) is 11.7. The fraction of sp³-hybridized carbons (Fsp3) is 0.250. The van der Waals surface area contributed by atoms with Gasteiger partial charge < -0.3 is 5.73 Å². The van der Waals surface area contributed by atoms with Gasteiger partial charge in [0.25, 0.3) is 0 Å². The fourth-order valence-corrected chi connectivity index (χ4v) is 2.83. The summed E-state index contributed by atoms with van der Waals surface area (Å²) in [5.41, 5.74) is 6.27. The third-order valence-electron chi connectivity index (χ3n) is 2.65. The molecule has 0 aliphatic carbocycles. The van der Waals surface area contributed by atoms with Crippen LogP contribution in [0.4, 0.5) is 10.1 Å². The number of nitrogen functional groups attached to an aromatic ring is 1. The zero-order valence-electron chi connectivity index (χ0n) is 10.9. The lowest BCUT2D eigenvalue weighted by Gasteiger charge is -2.07. The summed E-state index contributed by atoms with van der Waals surface area (Å²) < 4.78 is 41.1. The van der Waals surface area contributed by atoms with E-state index >= 15 is 0 Å². The molecule has 6 nitrogen and oxygen atoms in total. The van der Waals surface area contributed by atoms with Gasteiger partial charge in [0, 0.05) is 31.9 Å². The lowest BCUT2D eigenvalue weighted by atomic mass is 10.3. The minimum absolute atomic E-state index is 0.0649. The summed E-state index contributed by atoms with van der Waals surface area (Å²) in [5.74, 6) is -0.685. The fourth-order valence-electron chi connectivity index (χ4n) is 1.73. The molecule has 20 heavy (non-hydrogen) atoms. The van der Waals surface area contributed by atoms with E-state index < -0.39 is 15.8 Å². The second-order valence-electron chi connectivity index (χ2n) is 4.35. The molecule has 1 aromatic carbocycles. The van der Waals surface area contributed by atoms with Crippen molar-refractivity contribution in [2.45, 2.75) is 11.3 Å². The molecule has 2 rings (SSSR count). The van der Waals surface area contributed by atoms with Gasteiger partial charge in [-0.2, -0.15) is 5.10 Å². The number of nitrogens with two attached hydrogens (primary N) is 1. The Balaban J connectivity index is 2.03. The van der Waals surface area contributed by atoms with E-state index in [9.17, 15) is 12.8 Å². The van der Waals surface area contributed by atoms with Gasteiger partial charge in [0.05, 0.1) is 10.6 Å². The Morgan fingerprint density at radius 2 is 2.15 bits per heavy atom. The lowest BCUT2D eigenvalue weighted by Crippen LogP contribution is -2.26. The van der Waals surface area contributed by atoms with Crippen molar-refractivity contribution < 1.29 is 12.8 Å². The van der Waals surface area contributed by atoms with Crippen molar-refractivity contribution in [1.82, 2.24) is 14.5 Å². The smallest absolute Gasteiger partial charge is 0.240 e. The average molecular weight is 298 g/mol. The van der Waals surface area contributed by atoms with E-state index in [4.69, 9.17) is 5.73 Å². The maximum atomic E-state index is 13.2. The summed E-state index contributed by atoms with van der Waals surface area (Å²) in [6, 6.07) is 5.01. The van der Waals surface area contributed by atoms with Crippen LogP contribution in [0.5, 0.6) is 0 Å². The average Bonchev–Trinajstić information content (AvgIpc) is 2.73. The number of hydrogen-bond acceptors (Lipinski definition) is 4. The number of benzene rings is 1. The molecule has 2 aromatic rings. The van der Waals surface area contributed by atoms with Crippen molar-refractivity contribution in [3.8, 4) is 0 Å². The Morgan fingerprint density at radius 3 is 2.75 bits per heavy atom. The van der Waals surface area contributed by atoms with Crippen molar-refractivity contribution in [3.05, 3.63) is 42.0 Å². The lowest BCUT2D eigenvalue weighted by molar-refractivity contribution is 0.577. The molecule has 0 amide bonds. The second kappa shape index (κ2) is 5.59. The maximum absolute atomic E-state index is 13.2. The van der Waals surface area contributed by atoms with E-state index in [1.807, 2.05) is 0 Å². The third kappa shape index (κ3) is 3.55. The van der Waals surface area contributed by atoms with Crippen LogP contribution in [0.15, 0.2) is 35.4 Å². The van der Waals surface area contributed by atoms with Crippen LogP contribution in [0.2, 0.25) is 0 Å². The van der Waals surface area contributed by atoms with Gasteiger partial charge in [-0.1, -0.05) is 0 Å². The van der Waals surface area contributed by atoms with Gasteiger partial charge in [0.2, 0.25) is 10.0 Å². The molecule has 1 heterocycles. The summed E-state index contributed by atoms with van der Waals surface area (Å²) in [6.45, 7) is 0.176. The van der Waals surface area contributed by atoms with E-state index in [-0.39, 0.29) is 17.1 Å². The molecular weight excluding hydrogens is 283 g/mol. The van der Waals surface area contributed by atoms with Crippen LogP contribution in [0, 0.1) is 5.82 Å². The molecule has 0 saturated carbocycles. The van der Waals surface area contributed by atoms with E-state index in [0.29, 0.717) is 6.42 Å². The molecule has 0 fully saturated rings. The molecule has 0 aliphatic rings. The molecule has 0 radical (unpaired) electrons. The summed E-state index contributed by atoms with van der Waals surface area (Å²) in [5, 5.41) is 4.13. The molecule has 0 unspecified atom stereocenters. The van der Waals surface area contributed by atoms with E-state index in [1.165, 1.54) is 6.07 Å². The normalized spacial score (nSPS) is 11.7. The quantitative estimate of drug-likeness (QED) is 0.794. The molecule has 108 valence electrons. The topological polar surface area (TPSA) is 90.0 Å². The third-order valence-corrected chi connectivity index (χ3v) is 4.09. The van der Waals surface area contributed by atoms with E-state index in [0.717, 1.165) is 17.8 Å². The first-order valence-corrected chi connectivity index (χ1v) is 7.39. The van der Waals surface area contributed by atoms with Crippen molar-refractivity contribution in [2.24, 2.45) is 7.05 Å². The van der Waals surface area contributed by atoms with Gasteiger partial charge in [-0.05, 0) is 24.3 Å². The van der Waals surface area contributed by atoms with Gasteiger partial charge in [-0.3, -0.25) is 4.68 Å². The van der Waals surface area contributed by atoms with Crippen LogP contribution in [0.25, 0.3) is 0 Å².